The summed E-state index contributed by atoms with van der Waals surface area (Å²) in [5.74, 6) is -0.389. The summed E-state index contributed by atoms with van der Waals surface area (Å²) in [5, 5.41) is 2.93. The number of nitrogens with one attached hydrogen (secondary N) is 1. The molecular weight excluding hydrogens is 487 g/mol. The Bertz CT molecular complexity index is 1110. The van der Waals surface area contributed by atoms with Crippen LogP contribution in [0.3, 0.4) is 0 Å². The van der Waals surface area contributed by atoms with Crippen molar-refractivity contribution in [3.63, 3.8) is 0 Å². The van der Waals surface area contributed by atoms with Crippen LogP contribution in [0.25, 0.3) is 11.2 Å². The van der Waals surface area contributed by atoms with E-state index in [1.54, 1.807) is 25.3 Å². The monoisotopic (exact) mass is 516 g/mol. The van der Waals surface area contributed by atoms with Gasteiger partial charge in [0.05, 0.1) is 24.9 Å². The molecule has 0 radical (unpaired) electrons. The lowest BCUT2D eigenvalue weighted by atomic mass is 10.0. The molecule has 14 heteroatoms. The fourth-order valence-electron chi connectivity index (χ4n) is 3.89. The molecule has 2 aliphatic rings. The SMILES string of the molecule is CC(C)C(=O)OC[C@H](NP1(=O)OC[C@H]2O[C@@H](n3cnc4c(N)ncnc43)[C@](C)(Cl)[C@@H]2O1)C(C)C. The third-order valence-corrected chi connectivity index (χ3v) is 8.03. The van der Waals surface area contributed by atoms with Crippen LogP contribution < -0.4 is 10.8 Å². The second-order valence-corrected chi connectivity index (χ2v) is 11.9. The van der Waals surface area contributed by atoms with Crippen LogP contribution in [0, 0.1) is 11.8 Å². The van der Waals surface area contributed by atoms with Crippen molar-refractivity contribution >= 4 is 42.3 Å². The molecule has 2 fully saturated rings. The fourth-order valence-corrected chi connectivity index (χ4v) is 6.27. The second-order valence-electron chi connectivity index (χ2n) is 9.34. The van der Waals surface area contributed by atoms with Crippen molar-refractivity contribution in [1.29, 1.82) is 0 Å². The zero-order chi connectivity index (χ0) is 24.8. The molecule has 34 heavy (non-hydrogen) atoms. The van der Waals surface area contributed by atoms with E-state index in [1.807, 2.05) is 13.8 Å². The van der Waals surface area contributed by atoms with Crippen molar-refractivity contribution in [1.82, 2.24) is 24.6 Å². The predicted octanol–water partition coefficient (Wildman–Crippen LogP) is 2.64. The molecule has 6 atom stereocenters. The van der Waals surface area contributed by atoms with Crippen LogP contribution in [-0.2, 0) is 27.9 Å². The molecule has 0 aliphatic carbocycles. The van der Waals surface area contributed by atoms with E-state index in [9.17, 15) is 9.36 Å². The van der Waals surface area contributed by atoms with Crippen molar-refractivity contribution in [3.05, 3.63) is 12.7 Å². The summed E-state index contributed by atoms with van der Waals surface area (Å²) in [6, 6.07) is -0.456. The third kappa shape index (κ3) is 4.67. The van der Waals surface area contributed by atoms with Gasteiger partial charge in [-0.2, -0.15) is 0 Å². The first-order chi connectivity index (χ1) is 15.9. The number of hydrogen-bond acceptors (Lipinski definition) is 10. The molecule has 3 N–H and O–H groups in total. The Hall–Kier alpha value is -1.82. The molecule has 4 heterocycles. The Labute approximate surface area is 202 Å². The van der Waals surface area contributed by atoms with Gasteiger partial charge in [-0.1, -0.05) is 27.7 Å². The Morgan fingerprint density at radius 3 is 2.79 bits per heavy atom. The van der Waals surface area contributed by atoms with Crippen molar-refractivity contribution in [2.75, 3.05) is 18.9 Å². The number of rotatable bonds is 7. The number of halogens is 1. The minimum Gasteiger partial charge on any atom is -0.464 e. The standard InChI is InChI=1S/C20H30ClN6O6P/c1-10(2)12(6-30-18(28)11(3)4)26-34(29)31-7-13-15(33-34)20(5,21)19(32-13)27-9-25-14-16(22)23-8-24-17(14)27/h8-13,15,19H,6-7H2,1-5H3,(H,26,29)(H2,22,23,24)/t12-,13+,15+,19+,20+,34?/m0/s1. The molecule has 2 aliphatic heterocycles. The maximum atomic E-state index is 13.5. The predicted molar refractivity (Wildman–Crippen MR) is 124 cm³/mol. The molecule has 188 valence electrons. The van der Waals surface area contributed by atoms with Crippen LogP contribution in [0.2, 0.25) is 0 Å². The first kappa shape index (κ1) is 25.3. The molecule has 0 saturated carbocycles. The van der Waals surface area contributed by atoms with Crippen molar-refractivity contribution in [2.45, 2.75) is 64.0 Å². The lowest BCUT2D eigenvalue weighted by molar-refractivity contribution is -0.148. The highest BCUT2D eigenvalue weighted by Crippen LogP contribution is 2.58. The van der Waals surface area contributed by atoms with Gasteiger partial charge in [0.25, 0.3) is 0 Å². The number of anilines is 1. The van der Waals surface area contributed by atoms with Crippen LogP contribution in [-0.4, -0.2) is 61.8 Å². The lowest BCUT2D eigenvalue weighted by Crippen LogP contribution is -2.47. The molecule has 0 aromatic carbocycles. The molecule has 2 saturated heterocycles. The normalized spacial score (nSPS) is 32.3. The number of imidazole rings is 1. The smallest absolute Gasteiger partial charge is 0.406 e. The number of alkyl halides is 1. The molecule has 2 aromatic heterocycles. The third-order valence-electron chi connectivity index (χ3n) is 5.99. The second kappa shape index (κ2) is 9.33. The van der Waals surface area contributed by atoms with E-state index in [0.717, 1.165) is 0 Å². The van der Waals surface area contributed by atoms with Gasteiger partial charge < -0.3 is 15.2 Å². The number of nitrogens with two attached hydrogens (primary N) is 1. The minimum absolute atomic E-state index is 0.00585. The van der Waals surface area contributed by atoms with Crippen LogP contribution >= 0.6 is 19.3 Å². The Kier molecular flexibility index (Phi) is 6.93. The summed E-state index contributed by atoms with van der Waals surface area (Å²) >= 11 is 6.96. The zero-order valence-electron chi connectivity index (χ0n) is 19.7. The van der Waals surface area contributed by atoms with E-state index < -0.39 is 37.1 Å². The zero-order valence-corrected chi connectivity index (χ0v) is 21.3. The molecule has 2 aromatic rings. The van der Waals surface area contributed by atoms with Crippen LogP contribution in [0.15, 0.2) is 12.7 Å². The number of ether oxygens (including phenoxy) is 2. The Morgan fingerprint density at radius 2 is 2.12 bits per heavy atom. The van der Waals surface area contributed by atoms with Gasteiger partial charge in [0.2, 0.25) is 0 Å². The van der Waals surface area contributed by atoms with E-state index in [1.165, 1.54) is 12.7 Å². The quantitative estimate of drug-likeness (QED) is 0.317. The number of nitrogens with zero attached hydrogens (tertiary/aromatic N) is 4. The topological polar surface area (TPSA) is 153 Å². The van der Waals surface area contributed by atoms with Crippen molar-refractivity contribution in [2.24, 2.45) is 11.8 Å². The summed E-state index contributed by atoms with van der Waals surface area (Å²) in [5.41, 5.74) is 6.78. The number of carbonyl (C=O) groups excluding carboxylic acids is 1. The van der Waals surface area contributed by atoms with Gasteiger partial charge in [0.1, 0.15) is 35.5 Å². The maximum absolute atomic E-state index is 13.5. The summed E-state index contributed by atoms with van der Waals surface area (Å²) < 4.78 is 38.2. The average molecular weight is 517 g/mol. The van der Waals surface area contributed by atoms with Gasteiger partial charge in [-0.3, -0.25) is 18.4 Å². The fraction of sp³-hybridized carbons (Fsp3) is 0.700. The summed E-state index contributed by atoms with van der Waals surface area (Å²) in [7, 11) is -3.79. The van der Waals surface area contributed by atoms with Gasteiger partial charge >= 0.3 is 13.7 Å². The molecule has 12 nitrogen and oxygen atoms in total. The number of carbonyl (C=O) groups is 1. The number of esters is 1. The first-order valence-electron chi connectivity index (χ1n) is 11.1. The van der Waals surface area contributed by atoms with Crippen molar-refractivity contribution < 1.29 is 27.9 Å². The highest BCUT2D eigenvalue weighted by molar-refractivity contribution is 7.51. The number of hydrogen-bond donors (Lipinski definition) is 2. The van der Waals surface area contributed by atoms with Gasteiger partial charge in [0.15, 0.2) is 17.7 Å². The van der Waals surface area contributed by atoms with E-state index in [0.29, 0.717) is 11.2 Å². The molecule has 0 amide bonds. The van der Waals surface area contributed by atoms with E-state index in [-0.39, 0.29) is 36.8 Å². The Morgan fingerprint density at radius 1 is 1.38 bits per heavy atom. The molecule has 4 rings (SSSR count). The molecule has 0 spiro atoms. The average Bonchev–Trinajstić information content (AvgIpc) is 3.30. The summed E-state index contributed by atoms with van der Waals surface area (Å²) in [4.78, 5) is 23.2. The maximum Gasteiger partial charge on any atom is 0.406 e. The van der Waals surface area contributed by atoms with Gasteiger partial charge in [-0.05, 0) is 12.8 Å². The van der Waals surface area contributed by atoms with Crippen LogP contribution in [0.5, 0.6) is 0 Å². The summed E-state index contributed by atoms with van der Waals surface area (Å²) in [6.45, 7) is 9.08. The summed E-state index contributed by atoms with van der Waals surface area (Å²) in [6.07, 6.45) is 0.762. The minimum atomic E-state index is -3.79. The largest absolute Gasteiger partial charge is 0.464 e. The van der Waals surface area contributed by atoms with Crippen molar-refractivity contribution in [3.8, 4) is 0 Å². The highest BCUT2D eigenvalue weighted by Gasteiger charge is 2.60. The van der Waals surface area contributed by atoms with Gasteiger partial charge in [-0.25, -0.2) is 24.6 Å². The van der Waals surface area contributed by atoms with Crippen LogP contribution in [0.1, 0.15) is 40.8 Å². The van der Waals surface area contributed by atoms with Crippen LogP contribution in [0.4, 0.5) is 5.82 Å². The Balaban J connectivity index is 1.52. The first-order valence-corrected chi connectivity index (χ1v) is 13.0. The highest BCUT2D eigenvalue weighted by atomic mass is 35.5. The number of aromatic nitrogens is 4. The molecular formula is C20H30ClN6O6P. The number of nitrogen functional groups attached to an aromatic ring is 1. The lowest BCUT2D eigenvalue weighted by Gasteiger charge is -2.37. The molecule has 1 unspecified atom stereocenters. The number of fused-ring (bicyclic) bond motifs is 2. The van der Waals surface area contributed by atoms with Gasteiger partial charge in [-0.15, -0.1) is 11.6 Å². The van der Waals surface area contributed by atoms with E-state index in [4.69, 9.17) is 35.9 Å². The van der Waals surface area contributed by atoms with Gasteiger partial charge in [0, 0.05) is 0 Å². The van der Waals surface area contributed by atoms with E-state index in [2.05, 4.69) is 20.0 Å². The molecule has 0 bridgehead atoms. The van der Waals surface area contributed by atoms with E-state index >= 15 is 0 Å².